The number of nitrogens with one attached hydrogen (secondary N) is 1. The minimum atomic E-state index is 0.0961. The van der Waals surface area contributed by atoms with Gasteiger partial charge in [-0.15, -0.1) is 0 Å². The first kappa shape index (κ1) is 16.9. The van der Waals surface area contributed by atoms with Crippen molar-refractivity contribution in [3.63, 3.8) is 0 Å². The number of amides is 1. The number of fused-ring (bicyclic) bond motifs is 1. The van der Waals surface area contributed by atoms with E-state index in [0.29, 0.717) is 6.04 Å². The number of hydrogen-bond acceptors (Lipinski definition) is 3. The van der Waals surface area contributed by atoms with Gasteiger partial charge in [0.25, 0.3) is 0 Å². The molecule has 2 heterocycles. The maximum absolute atomic E-state index is 11.4. The molecular formula is C21H30N2O2. The van der Waals surface area contributed by atoms with Crippen LogP contribution in [0.15, 0.2) is 24.3 Å². The Balaban J connectivity index is 1.31. The molecule has 1 saturated carbocycles. The normalized spacial score (nSPS) is 25.2. The molecule has 2 aliphatic heterocycles. The molecule has 0 aromatic heterocycles. The maximum atomic E-state index is 11.4. The molecule has 2 fully saturated rings. The lowest BCUT2D eigenvalue weighted by Gasteiger charge is -2.48. The Morgan fingerprint density at radius 3 is 2.72 bits per heavy atom. The highest BCUT2D eigenvalue weighted by atomic mass is 16.5. The topological polar surface area (TPSA) is 41.6 Å². The standard InChI is InChI=1S/C21H30N2O2/c1-16(24)23-13-8-17(9-14-23)7-12-22-19-15-21(10-4-11-21)25-20-6-3-2-5-18(19)20/h2-3,5-6,17,19,22H,4,7-15H2,1H3/t19-/m1/s1. The van der Waals surface area contributed by atoms with E-state index in [0.717, 1.165) is 50.6 Å². The summed E-state index contributed by atoms with van der Waals surface area (Å²) in [5.74, 6) is 2.05. The average molecular weight is 342 g/mol. The van der Waals surface area contributed by atoms with E-state index in [1.807, 2.05) is 4.90 Å². The molecule has 1 aliphatic carbocycles. The Morgan fingerprint density at radius 1 is 1.28 bits per heavy atom. The van der Waals surface area contributed by atoms with Gasteiger partial charge in [-0.3, -0.25) is 4.79 Å². The summed E-state index contributed by atoms with van der Waals surface area (Å²) in [5, 5.41) is 3.82. The first-order chi connectivity index (χ1) is 12.2. The summed E-state index contributed by atoms with van der Waals surface area (Å²) in [6.07, 6.45) is 8.30. The molecule has 1 atom stereocenters. The molecule has 4 rings (SSSR count). The van der Waals surface area contributed by atoms with Crippen molar-refractivity contribution in [1.82, 2.24) is 10.2 Å². The highest BCUT2D eigenvalue weighted by Gasteiger charge is 2.45. The van der Waals surface area contributed by atoms with Crippen LogP contribution >= 0.6 is 0 Å². The van der Waals surface area contributed by atoms with Crippen LogP contribution in [0.25, 0.3) is 0 Å². The lowest BCUT2D eigenvalue weighted by atomic mass is 9.73. The fourth-order valence-electron chi connectivity index (χ4n) is 4.68. The van der Waals surface area contributed by atoms with Crippen molar-refractivity contribution in [1.29, 1.82) is 0 Å². The van der Waals surface area contributed by atoms with E-state index >= 15 is 0 Å². The largest absolute Gasteiger partial charge is 0.487 e. The van der Waals surface area contributed by atoms with Crippen molar-refractivity contribution >= 4 is 5.91 Å². The van der Waals surface area contributed by atoms with Gasteiger partial charge in [0.05, 0.1) is 0 Å². The molecular weight excluding hydrogens is 312 g/mol. The van der Waals surface area contributed by atoms with Crippen LogP contribution in [0.3, 0.4) is 0 Å². The summed E-state index contributed by atoms with van der Waals surface area (Å²) in [6.45, 7) is 4.60. The van der Waals surface area contributed by atoms with Gasteiger partial charge < -0.3 is 15.0 Å². The smallest absolute Gasteiger partial charge is 0.219 e. The van der Waals surface area contributed by atoms with E-state index in [-0.39, 0.29) is 11.5 Å². The third kappa shape index (κ3) is 3.55. The summed E-state index contributed by atoms with van der Waals surface area (Å²) in [4.78, 5) is 13.4. The van der Waals surface area contributed by atoms with Gasteiger partial charge >= 0.3 is 0 Å². The van der Waals surface area contributed by atoms with Gasteiger partial charge in [-0.05, 0) is 57.1 Å². The number of rotatable bonds is 4. The van der Waals surface area contributed by atoms with E-state index in [4.69, 9.17) is 4.74 Å². The third-order valence-electron chi connectivity index (χ3n) is 6.46. The van der Waals surface area contributed by atoms with Crippen LogP contribution in [0.2, 0.25) is 0 Å². The second-order valence-electron chi connectivity index (χ2n) is 8.13. The summed E-state index contributed by atoms with van der Waals surface area (Å²) in [7, 11) is 0. The van der Waals surface area contributed by atoms with Gasteiger partial charge in [0.15, 0.2) is 0 Å². The minimum absolute atomic E-state index is 0.0961. The van der Waals surface area contributed by atoms with Gasteiger partial charge in [0.1, 0.15) is 11.4 Å². The highest BCUT2D eigenvalue weighted by Crippen LogP contribution is 2.48. The SMILES string of the molecule is CC(=O)N1CCC(CCN[C@@H]2CC3(CCC3)Oc3ccccc32)CC1. The molecule has 4 nitrogen and oxygen atoms in total. The van der Waals surface area contributed by atoms with Crippen molar-refractivity contribution in [3.05, 3.63) is 29.8 Å². The molecule has 1 aromatic carbocycles. The molecule has 4 heteroatoms. The van der Waals surface area contributed by atoms with E-state index in [1.54, 1.807) is 6.92 Å². The predicted octanol–water partition coefficient (Wildman–Crippen LogP) is 3.67. The Labute approximate surface area is 150 Å². The summed E-state index contributed by atoms with van der Waals surface area (Å²) in [5.41, 5.74) is 1.42. The number of ether oxygens (including phenoxy) is 1. The summed E-state index contributed by atoms with van der Waals surface area (Å²) >= 11 is 0. The molecule has 136 valence electrons. The summed E-state index contributed by atoms with van der Waals surface area (Å²) in [6, 6.07) is 8.95. The van der Waals surface area contributed by atoms with E-state index in [1.165, 1.54) is 31.2 Å². The molecule has 1 saturated heterocycles. The van der Waals surface area contributed by atoms with Crippen LogP contribution in [-0.2, 0) is 4.79 Å². The Kier molecular flexibility index (Phi) is 4.72. The second kappa shape index (κ2) is 6.99. The Hall–Kier alpha value is -1.55. The van der Waals surface area contributed by atoms with E-state index in [9.17, 15) is 4.79 Å². The summed E-state index contributed by atoms with van der Waals surface area (Å²) < 4.78 is 6.34. The van der Waals surface area contributed by atoms with Gasteiger partial charge in [-0.2, -0.15) is 0 Å². The monoisotopic (exact) mass is 342 g/mol. The number of piperidine rings is 1. The van der Waals surface area contributed by atoms with E-state index in [2.05, 4.69) is 29.6 Å². The molecule has 1 N–H and O–H groups in total. The molecule has 1 spiro atoms. The molecule has 0 bridgehead atoms. The van der Waals surface area contributed by atoms with Crippen molar-refractivity contribution in [2.45, 2.75) is 63.5 Å². The van der Waals surface area contributed by atoms with Gasteiger partial charge in [0, 0.05) is 38.0 Å². The molecule has 0 unspecified atom stereocenters. The molecule has 3 aliphatic rings. The average Bonchev–Trinajstić information content (AvgIpc) is 2.60. The van der Waals surface area contributed by atoms with Crippen LogP contribution in [0.1, 0.15) is 63.5 Å². The molecule has 1 amide bonds. The number of nitrogens with zero attached hydrogens (tertiary/aromatic N) is 1. The highest BCUT2D eigenvalue weighted by molar-refractivity contribution is 5.73. The first-order valence-electron chi connectivity index (χ1n) is 9.92. The first-order valence-corrected chi connectivity index (χ1v) is 9.92. The zero-order valence-corrected chi connectivity index (χ0v) is 15.3. The van der Waals surface area contributed by atoms with Crippen LogP contribution < -0.4 is 10.1 Å². The number of para-hydroxylation sites is 1. The fraction of sp³-hybridized carbons (Fsp3) is 0.667. The minimum Gasteiger partial charge on any atom is -0.487 e. The predicted molar refractivity (Wildman–Crippen MR) is 98.6 cm³/mol. The number of carbonyl (C=O) groups excluding carboxylic acids is 1. The van der Waals surface area contributed by atoms with Crippen molar-refractivity contribution in [2.24, 2.45) is 5.92 Å². The van der Waals surface area contributed by atoms with Crippen molar-refractivity contribution < 1.29 is 9.53 Å². The zero-order valence-electron chi connectivity index (χ0n) is 15.3. The van der Waals surface area contributed by atoms with Crippen LogP contribution in [-0.4, -0.2) is 36.0 Å². The zero-order chi connectivity index (χ0) is 17.3. The third-order valence-corrected chi connectivity index (χ3v) is 6.46. The fourth-order valence-corrected chi connectivity index (χ4v) is 4.68. The molecule has 1 aromatic rings. The van der Waals surface area contributed by atoms with Crippen LogP contribution in [0, 0.1) is 5.92 Å². The second-order valence-corrected chi connectivity index (χ2v) is 8.13. The maximum Gasteiger partial charge on any atom is 0.219 e. The number of likely N-dealkylation sites (tertiary alicyclic amines) is 1. The Morgan fingerprint density at radius 2 is 2.04 bits per heavy atom. The van der Waals surface area contributed by atoms with Gasteiger partial charge in [0.2, 0.25) is 5.91 Å². The lowest BCUT2D eigenvalue weighted by molar-refractivity contribution is -0.130. The van der Waals surface area contributed by atoms with Gasteiger partial charge in [-0.25, -0.2) is 0 Å². The number of carbonyl (C=O) groups is 1. The Bertz CT molecular complexity index is 618. The lowest BCUT2D eigenvalue weighted by Crippen LogP contribution is -2.49. The number of benzene rings is 1. The van der Waals surface area contributed by atoms with Gasteiger partial charge in [-0.1, -0.05) is 18.2 Å². The van der Waals surface area contributed by atoms with E-state index < -0.39 is 0 Å². The van der Waals surface area contributed by atoms with Crippen molar-refractivity contribution in [2.75, 3.05) is 19.6 Å². The molecule has 0 radical (unpaired) electrons. The quantitative estimate of drug-likeness (QED) is 0.908. The van der Waals surface area contributed by atoms with Crippen LogP contribution in [0.4, 0.5) is 0 Å². The number of hydrogen-bond donors (Lipinski definition) is 1. The van der Waals surface area contributed by atoms with Crippen molar-refractivity contribution in [3.8, 4) is 5.75 Å². The van der Waals surface area contributed by atoms with Crippen LogP contribution in [0.5, 0.6) is 5.75 Å². The molecule has 25 heavy (non-hydrogen) atoms.